The molecule has 0 atom stereocenters. The number of ether oxygens (including phenoxy) is 2. The summed E-state index contributed by atoms with van der Waals surface area (Å²) in [5.74, 6) is -1.13. The monoisotopic (exact) mass is 584 g/mol. The van der Waals surface area contributed by atoms with E-state index in [1.54, 1.807) is 31.2 Å². The van der Waals surface area contributed by atoms with Gasteiger partial charge < -0.3 is 24.7 Å². The number of carbonyl (C=O) groups excluding carboxylic acids is 2. The molecule has 210 valence electrons. The van der Waals surface area contributed by atoms with Crippen molar-refractivity contribution >= 4 is 34.8 Å². The summed E-state index contributed by atoms with van der Waals surface area (Å²) < 4.78 is 48.4. The molecule has 1 aromatic heterocycles. The predicted molar refractivity (Wildman–Crippen MR) is 142 cm³/mol. The number of esters is 1. The van der Waals surface area contributed by atoms with Gasteiger partial charge in [-0.1, -0.05) is 23.7 Å². The molecule has 1 heterocycles. The summed E-state index contributed by atoms with van der Waals surface area (Å²) in [5.41, 5.74) is 2.48. The zero-order valence-corrected chi connectivity index (χ0v) is 22.7. The van der Waals surface area contributed by atoms with Crippen LogP contribution in [0.3, 0.4) is 0 Å². The third-order valence-corrected chi connectivity index (χ3v) is 6.40. The first-order valence-electron chi connectivity index (χ1n) is 12.1. The minimum atomic E-state index is -4.76. The second kappa shape index (κ2) is 14.7. The zero-order chi connectivity index (χ0) is 28.3. The lowest BCUT2D eigenvalue weighted by Gasteiger charge is -2.12. The maximum Gasteiger partial charge on any atom is 0.573 e. The van der Waals surface area contributed by atoms with Gasteiger partial charge in [0.05, 0.1) is 25.4 Å². The molecule has 0 unspecified atom stereocenters. The molecular formula is C26H28ClF3N4O4S. The van der Waals surface area contributed by atoms with Crippen LogP contribution in [-0.2, 0) is 27.4 Å². The van der Waals surface area contributed by atoms with E-state index in [1.165, 1.54) is 23.5 Å². The Morgan fingerprint density at radius 3 is 2.46 bits per heavy atom. The van der Waals surface area contributed by atoms with Gasteiger partial charge in [-0.3, -0.25) is 14.6 Å². The van der Waals surface area contributed by atoms with E-state index in [0.717, 1.165) is 16.1 Å². The molecule has 3 aromatic rings. The highest BCUT2D eigenvalue weighted by atomic mass is 35.5. The molecule has 0 saturated carbocycles. The van der Waals surface area contributed by atoms with Crippen LogP contribution in [0.2, 0.25) is 5.02 Å². The molecule has 13 heteroatoms. The Hall–Kier alpha value is -3.35. The largest absolute Gasteiger partial charge is 0.573 e. The van der Waals surface area contributed by atoms with Crippen LogP contribution in [0.1, 0.15) is 18.9 Å². The van der Waals surface area contributed by atoms with Crippen molar-refractivity contribution in [3.8, 4) is 17.0 Å². The molecular weight excluding hydrogens is 557 g/mol. The lowest BCUT2D eigenvalue weighted by atomic mass is 10.1. The Morgan fingerprint density at radius 2 is 1.79 bits per heavy atom. The second-order valence-corrected chi connectivity index (χ2v) is 9.46. The molecule has 0 radical (unpaired) electrons. The summed E-state index contributed by atoms with van der Waals surface area (Å²) in [6, 6.07) is 13.0. The average Bonchev–Trinajstić information content (AvgIpc) is 3.29. The number of nitrogens with one attached hydrogen (secondary N) is 2. The summed E-state index contributed by atoms with van der Waals surface area (Å²) >= 11 is 7.38. The summed E-state index contributed by atoms with van der Waals surface area (Å²) in [6.07, 6.45) is -4.13. The van der Waals surface area contributed by atoms with E-state index in [2.05, 4.69) is 15.4 Å². The van der Waals surface area contributed by atoms with Gasteiger partial charge in [-0.25, -0.2) is 0 Å². The Balaban J connectivity index is 1.68. The smallest absolute Gasteiger partial charge is 0.465 e. The van der Waals surface area contributed by atoms with Crippen LogP contribution in [0, 0.1) is 0 Å². The maximum absolute atomic E-state index is 12.5. The number of hydrogen-bond donors (Lipinski definition) is 2. The fourth-order valence-electron chi connectivity index (χ4n) is 3.49. The van der Waals surface area contributed by atoms with Crippen LogP contribution >= 0.6 is 22.9 Å². The molecule has 2 N–H and O–H groups in total. The number of aromatic nitrogens is 1. The van der Waals surface area contributed by atoms with Crippen LogP contribution in [0.25, 0.3) is 11.3 Å². The highest BCUT2D eigenvalue weighted by molar-refractivity contribution is 7.07. The number of hydrogen-bond acceptors (Lipinski definition) is 7. The molecule has 8 nitrogen and oxygen atoms in total. The minimum absolute atomic E-state index is 0.0367. The van der Waals surface area contributed by atoms with Crippen molar-refractivity contribution < 1.29 is 32.2 Å². The van der Waals surface area contributed by atoms with Gasteiger partial charge in [-0.05, 0) is 67.4 Å². The second-order valence-electron chi connectivity index (χ2n) is 8.18. The van der Waals surface area contributed by atoms with E-state index < -0.39 is 12.3 Å². The SMILES string of the molecule is CCOC(=O)CNC(=O)CNCCCn1c(-c2ccc(OC(F)(F)F)cc2)csc1=NCc1ccc(Cl)cc1. The summed E-state index contributed by atoms with van der Waals surface area (Å²) in [4.78, 5) is 28.7. The molecule has 0 fully saturated rings. The van der Waals surface area contributed by atoms with Gasteiger partial charge in [-0.2, -0.15) is 0 Å². The van der Waals surface area contributed by atoms with Gasteiger partial charge in [-0.15, -0.1) is 24.5 Å². The van der Waals surface area contributed by atoms with Crippen molar-refractivity contribution in [1.29, 1.82) is 0 Å². The molecule has 0 bridgehead atoms. The molecule has 1 amide bonds. The average molecular weight is 585 g/mol. The van der Waals surface area contributed by atoms with E-state index in [9.17, 15) is 22.8 Å². The van der Waals surface area contributed by atoms with E-state index in [-0.39, 0.29) is 31.4 Å². The number of halogens is 4. The Bertz CT molecular complexity index is 1290. The van der Waals surface area contributed by atoms with Gasteiger partial charge in [0.2, 0.25) is 5.91 Å². The number of rotatable bonds is 13. The van der Waals surface area contributed by atoms with Crippen LogP contribution in [0.15, 0.2) is 58.9 Å². The minimum Gasteiger partial charge on any atom is -0.465 e. The number of nitrogens with zero attached hydrogens (tertiary/aromatic N) is 2. The normalized spacial score (nSPS) is 11.9. The first kappa shape index (κ1) is 30.2. The Kier molecular flexibility index (Phi) is 11.4. The number of benzene rings is 2. The first-order valence-corrected chi connectivity index (χ1v) is 13.3. The van der Waals surface area contributed by atoms with Gasteiger partial charge in [0, 0.05) is 16.9 Å². The fraction of sp³-hybridized carbons (Fsp3) is 0.346. The first-order chi connectivity index (χ1) is 18.6. The lowest BCUT2D eigenvalue weighted by Crippen LogP contribution is -2.37. The zero-order valence-electron chi connectivity index (χ0n) is 21.1. The van der Waals surface area contributed by atoms with Crippen molar-refractivity contribution in [2.75, 3.05) is 26.2 Å². The summed E-state index contributed by atoms with van der Waals surface area (Å²) in [7, 11) is 0. The Morgan fingerprint density at radius 1 is 1.08 bits per heavy atom. The van der Waals surface area contributed by atoms with Crippen LogP contribution in [-0.4, -0.2) is 49.0 Å². The summed E-state index contributed by atoms with van der Waals surface area (Å²) in [5, 5.41) is 8.05. The van der Waals surface area contributed by atoms with Gasteiger partial charge >= 0.3 is 12.3 Å². The van der Waals surface area contributed by atoms with Crippen LogP contribution in [0.5, 0.6) is 5.75 Å². The maximum atomic E-state index is 12.5. The van der Waals surface area contributed by atoms with E-state index in [4.69, 9.17) is 21.3 Å². The molecule has 0 saturated heterocycles. The quantitative estimate of drug-likeness (QED) is 0.227. The molecule has 0 aliphatic carbocycles. The van der Waals surface area contributed by atoms with E-state index >= 15 is 0 Å². The molecule has 0 spiro atoms. The lowest BCUT2D eigenvalue weighted by molar-refractivity contribution is -0.274. The predicted octanol–water partition coefficient (Wildman–Crippen LogP) is 4.53. The van der Waals surface area contributed by atoms with Gasteiger partial charge in [0.1, 0.15) is 12.3 Å². The Labute approximate surface area is 232 Å². The number of alkyl halides is 3. The molecule has 2 aromatic carbocycles. The standard InChI is InChI=1S/C26H28ClF3N4O4S/c1-2-37-24(36)16-32-23(35)15-31-12-3-13-34-22(19-6-10-21(11-7-19)38-26(28,29)30)17-39-25(34)33-14-18-4-8-20(27)9-5-18/h4-11,17,31H,2-3,12-16H2,1H3,(H,32,35). The van der Waals surface area contributed by atoms with Crippen LogP contribution < -0.4 is 20.2 Å². The summed E-state index contributed by atoms with van der Waals surface area (Å²) in [6.45, 7) is 3.25. The highest BCUT2D eigenvalue weighted by Crippen LogP contribution is 2.27. The van der Waals surface area contributed by atoms with Crippen molar-refractivity contribution in [3.63, 3.8) is 0 Å². The number of thiazole rings is 1. The van der Waals surface area contributed by atoms with Gasteiger partial charge in [0.15, 0.2) is 4.80 Å². The van der Waals surface area contributed by atoms with E-state index in [0.29, 0.717) is 36.6 Å². The number of amides is 1. The van der Waals surface area contributed by atoms with Crippen molar-refractivity contribution in [3.05, 3.63) is 69.3 Å². The molecule has 0 aliphatic heterocycles. The highest BCUT2D eigenvalue weighted by Gasteiger charge is 2.31. The van der Waals surface area contributed by atoms with Gasteiger partial charge in [0.25, 0.3) is 0 Å². The topological polar surface area (TPSA) is 93.9 Å². The molecule has 39 heavy (non-hydrogen) atoms. The van der Waals surface area contributed by atoms with E-state index in [1.807, 2.05) is 22.1 Å². The van der Waals surface area contributed by atoms with Crippen LogP contribution in [0.4, 0.5) is 13.2 Å². The van der Waals surface area contributed by atoms with Crippen molar-refractivity contribution in [1.82, 2.24) is 15.2 Å². The third-order valence-electron chi connectivity index (χ3n) is 5.25. The third kappa shape index (κ3) is 10.4. The molecule has 3 rings (SSSR count). The molecule has 0 aliphatic rings. The number of carbonyl (C=O) groups is 2. The van der Waals surface area contributed by atoms with Crippen molar-refractivity contribution in [2.24, 2.45) is 4.99 Å². The van der Waals surface area contributed by atoms with Crippen molar-refractivity contribution in [2.45, 2.75) is 32.8 Å². The fourth-order valence-corrected chi connectivity index (χ4v) is 4.55.